The normalized spacial score (nSPS) is 12.2. The second kappa shape index (κ2) is 9.08. The third-order valence-electron chi connectivity index (χ3n) is 4.92. The minimum Gasteiger partial charge on any atom is -0.324 e. The van der Waals surface area contributed by atoms with Crippen molar-refractivity contribution in [2.45, 2.75) is 32.4 Å². The summed E-state index contributed by atoms with van der Waals surface area (Å²) >= 11 is 3.44. The van der Waals surface area contributed by atoms with Crippen molar-refractivity contribution >= 4 is 39.2 Å². The van der Waals surface area contributed by atoms with Crippen LogP contribution in [-0.2, 0) is 6.42 Å². The summed E-state index contributed by atoms with van der Waals surface area (Å²) in [4.78, 5) is 4.54. The van der Waals surface area contributed by atoms with Gasteiger partial charge in [-0.25, -0.2) is 4.98 Å². The van der Waals surface area contributed by atoms with Gasteiger partial charge in [-0.05, 0) is 53.5 Å². The average Bonchev–Trinajstić information content (AvgIpc) is 3.08. The van der Waals surface area contributed by atoms with E-state index in [4.69, 9.17) is 10.8 Å². The predicted molar refractivity (Wildman–Crippen MR) is 125 cm³/mol. The second-order valence-electron chi connectivity index (χ2n) is 7.25. The van der Waals surface area contributed by atoms with Gasteiger partial charge in [-0.15, -0.1) is 12.4 Å². The maximum absolute atomic E-state index is 6.64. The summed E-state index contributed by atoms with van der Waals surface area (Å²) in [6.45, 7) is 4.31. The smallest absolute Gasteiger partial charge is 0.106 e. The van der Waals surface area contributed by atoms with E-state index in [0.717, 1.165) is 38.0 Å². The molecule has 6 heteroatoms. The number of aromatic nitrogens is 3. The van der Waals surface area contributed by atoms with Gasteiger partial charge in [0.25, 0.3) is 0 Å². The lowest BCUT2D eigenvalue weighted by Gasteiger charge is -2.16. The van der Waals surface area contributed by atoms with Crippen LogP contribution in [0.15, 0.2) is 71.3 Å². The number of benzene rings is 2. The predicted octanol–water partition coefficient (Wildman–Crippen LogP) is 6.11. The van der Waals surface area contributed by atoms with E-state index < -0.39 is 0 Å². The minimum atomic E-state index is -0.166. The number of para-hydroxylation sites is 1. The molecule has 2 heterocycles. The highest BCUT2D eigenvalue weighted by atomic mass is 79.9. The number of rotatable bonds is 5. The Labute approximate surface area is 185 Å². The fourth-order valence-corrected chi connectivity index (χ4v) is 4.00. The van der Waals surface area contributed by atoms with Crippen LogP contribution in [-0.4, -0.2) is 14.8 Å². The Balaban J connectivity index is 0.00000240. The average molecular weight is 472 g/mol. The van der Waals surface area contributed by atoms with Crippen LogP contribution < -0.4 is 5.73 Å². The molecule has 0 aliphatic heterocycles. The summed E-state index contributed by atoms with van der Waals surface area (Å²) < 4.78 is 2.91. The first-order valence-electron chi connectivity index (χ1n) is 9.48. The molecule has 0 amide bonds. The van der Waals surface area contributed by atoms with Gasteiger partial charge in [0, 0.05) is 35.1 Å². The Hall–Kier alpha value is -2.21. The molecule has 0 radical (unpaired) electrons. The van der Waals surface area contributed by atoms with Crippen LogP contribution in [0.5, 0.6) is 0 Å². The third-order valence-corrected chi connectivity index (χ3v) is 5.36. The summed E-state index contributed by atoms with van der Waals surface area (Å²) in [6.07, 6.45) is 0.666. The molecule has 0 aliphatic carbocycles. The third kappa shape index (κ3) is 4.37. The largest absolute Gasteiger partial charge is 0.324 e. The highest BCUT2D eigenvalue weighted by Crippen LogP contribution is 2.34. The lowest BCUT2D eigenvalue weighted by Crippen LogP contribution is -2.15. The Morgan fingerprint density at radius 2 is 1.69 bits per heavy atom. The van der Waals surface area contributed by atoms with Crippen molar-refractivity contribution in [2.24, 2.45) is 5.73 Å². The zero-order valence-electron chi connectivity index (χ0n) is 16.4. The molecule has 4 aromatic rings. The molecule has 150 valence electrons. The molecule has 0 saturated carbocycles. The van der Waals surface area contributed by atoms with Crippen molar-refractivity contribution in [1.29, 1.82) is 0 Å². The van der Waals surface area contributed by atoms with Gasteiger partial charge in [-0.1, -0.05) is 48.5 Å². The summed E-state index contributed by atoms with van der Waals surface area (Å²) in [7, 11) is 0. The quantitative estimate of drug-likeness (QED) is 0.357. The van der Waals surface area contributed by atoms with Crippen molar-refractivity contribution in [3.05, 3.63) is 82.6 Å². The highest BCUT2D eigenvalue weighted by molar-refractivity contribution is 9.10. The number of nitrogens with two attached hydrogens (primary N) is 1. The molecule has 1 unspecified atom stereocenters. The van der Waals surface area contributed by atoms with Crippen molar-refractivity contribution < 1.29 is 0 Å². The van der Waals surface area contributed by atoms with Crippen LogP contribution in [0.25, 0.3) is 22.2 Å². The Bertz CT molecular complexity index is 1120. The van der Waals surface area contributed by atoms with Gasteiger partial charge in [0.05, 0.1) is 5.52 Å². The van der Waals surface area contributed by atoms with E-state index in [9.17, 15) is 0 Å². The summed E-state index contributed by atoms with van der Waals surface area (Å²) in [6, 6.07) is 22.7. The fraction of sp³-hybridized carbons (Fsp3) is 0.217. The molecule has 2 aromatic carbocycles. The molecule has 0 spiro atoms. The van der Waals surface area contributed by atoms with Crippen LogP contribution in [0.3, 0.4) is 0 Å². The first kappa shape index (κ1) is 21.5. The number of hydrogen-bond acceptors (Lipinski definition) is 3. The topological polar surface area (TPSA) is 56.7 Å². The summed E-state index contributed by atoms with van der Waals surface area (Å²) in [5.41, 5.74) is 11.9. The molecule has 0 fully saturated rings. The maximum atomic E-state index is 6.64. The van der Waals surface area contributed by atoms with E-state index >= 15 is 0 Å². The van der Waals surface area contributed by atoms with Gasteiger partial charge in [0.1, 0.15) is 10.3 Å². The highest BCUT2D eigenvalue weighted by Gasteiger charge is 2.19. The van der Waals surface area contributed by atoms with Crippen molar-refractivity contribution in [3.8, 4) is 11.3 Å². The number of halogens is 2. The van der Waals surface area contributed by atoms with Gasteiger partial charge >= 0.3 is 0 Å². The van der Waals surface area contributed by atoms with Crippen molar-refractivity contribution in [1.82, 2.24) is 14.8 Å². The van der Waals surface area contributed by atoms with Gasteiger partial charge in [-0.3, -0.25) is 4.68 Å². The summed E-state index contributed by atoms with van der Waals surface area (Å²) in [5.74, 6) is 0. The first-order chi connectivity index (χ1) is 13.5. The molecule has 0 saturated heterocycles. The Morgan fingerprint density at radius 3 is 2.45 bits per heavy atom. The monoisotopic (exact) mass is 470 g/mol. The number of hydrogen-bond donors (Lipinski definition) is 1. The molecule has 1 atom stereocenters. The van der Waals surface area contributed by atoms with E-state index in [2.05, 4.69) is 75.8 Å². The first-order valence-corrected chi connectivity index (χ1v) is 10.3. The maximum Gasteiger partial charge on any atom is 0.106 e. The molecular weight excluding hydrogens is 448 g/mol. The van der Waals surface area contributed by atoms with E-state index in [-0.39, 0.29) is 24.5 Å². The fourth-order valence-electron chi connectivity index (χ4n) is 3.62. The molecule has 0 bridgehead atoms. The van der Waals surface area contributed by atoms with Crippen LogP contribution in [0.2, 0.25) is 0 Å². The SMILES string of the molecule is CC(C)n1nc(-c2ccccc2C(N)Cc2cccc(Br)n2)c2ccccc21.Cl. The van der Waals surface area contributed by atoms with E-state index in [1.54, 1.807) is 0 Å². The van der Waals surface area contributed by atoms with Crippen molar-refractivity contribution in [2.75, 3.05) is 0 Å². The lowest BCUT2D eigenvalue weighted by molar-refractivity contribution is 0.552. The van der Waals surface area contributed by atoms with E-state index in [1.165, 1.54) is 0 Å². The van der Waals surface area contributed by atoms with Gasteiger partial charge < -0.3 is 5.73 Å². The second-order valence-corrected chi connectivity index (χ2v) is 8.07. The van der Waals surface area contributed by atoms with Gasteiger partial charge in [0.15, 0.2) is 0 Å². The molecule has 0 aliphatic rings. The standard InChI is InChI=1S/C23H23BrN4.ClH/c1-15(2)28-21-12-6-5-11-19(21)23(27-28)18-10-4-3-9-17(18)20(25)14-16-8-7-13-22(24)26-16;/h3-13,15,20H,14,25H2,1-2H3;1H. The van der Waals surface area contributed by atoms with Crippen LogP contribution in [0, 0.1) is 0 Å². The molecule has 2 N–H and O–H groups in total. The zero-order chi connectivity index (χ0) is 19.7. The number of nitrogens with zero attached hydrogens (tertiary/aromatic N) is 3. The summed E-state index contributed by atoms with van der Waals surface area (Å²) in [5, 5.41) is 6.11. The molecule has 29 heavy (non-hydrogen) atoms. The molecule has 4 nitrogen and oxygen atoms in total. The van der Waals surface area contributed by atoms with Crippen LogP contribution in [0.1, 0.15) is 37.2 Å². The van der Waals surface area contributed by atoms with E-state index in [1.807, 2.05) is 30.3 Å². The van der Waals surface area contributed by atoms with Gasteiger partial charge in [-0.2, -0.15) is 5.10 Å². The molecule has 2 aromatic heterocycles. The lowest BCUT2D eigenvalue weighted by atomic mass is 9.94. The Kier molecular flexibility index (Phi) is 6.73. The van der Waals surface area contributed by atoms with Gasteiger partial charge in [0.2, 0.25) is 0 Å². The van der Waals surface area contributed by atoms with Crippen molar-refractivity contribution in [3.63, 3.8) is 0 Å². The van der Waals surface area contributed by atoms with Crippen LogP contribution in [0.4, 0.5) is 0 Å². The minimum absolute atomic E-state index is 0. The van der Waals surface area contributed by atoms with Crippen LogP contribution >= 0.6 is 28.3 Å². The number of pyridine rings is 1. The number of fused-ring (bicyclic) bond motifs is 1. The molecule has 4 rings (SSSR count). The Morgan fingerprint density at radius 1 is 0.966 bits per heavy atom. The molecular formula is C23H24BrClN4. The zero-order valence-corrected chi connectivity index (χ0v) is 18.8. The van der Waals surface area contributed by atoms with E-state index in [0.29, 0.717) is 6.42 Å².